The smallest absolute Gasteiger partial charge is 0.223 e. The number of aliphatic hydroxyl groups is 1. The van der Waals surface area contributed by atoms with Crippen molar-refractivity contribution in [3.05, 3.63) is 66.0 Å². The van der Waals surface area contributed by atoms with Crippen LogP contribution in [-0.4, -0.2) is 34.0 Å². The summed E-state index contributed by atoms with van der Waals surface area (Å²) in [5.74, 6) is 0.0981. The highest BCUT2D eigenvalue weighted by atomic mass is 16.3. The van der Waals surface area contributed by atoms with E-state index >= 15 is 0 Å². The summed E-state index contributed by atoms with van der Waals surface area (Å²) >= 11 is 0. The number of carbonyl (C=O) groups is 1. The molecule has 21 heavy (non-hydrogen) atoms. The fourth-order valence-electron chi connectivity index (χ4n) is 2.86. The number of nitrogens with zero attached hydrogens (tertiary/aromatic N) is 2. The molecule has 0 saturated carbocycles. The number of hydrogen-bond acceptors (Lipinski definition) is 3. The van der Waals surface area contributed by atoms with Gasteiger partial charge in [-0.15, -0.1) is 0 Å². The van der Waals surface area contributed by atoms with Crippen LogP contribution < -0.4 is 0 Å². The molecule has 0 spiro atoms. The molecule has 4 nitrogen and oxygen atoms in total. The third kappa shape index (κ3) is 2.81. The summed E-state index contributed by atoms with van der Waals surface area (Å²) in [4.78, 5) is 18.6. The van der Waals surface area contributed by atoms with Crippen molar-refractivity contribution >= 4 is 5.91 Å². The van der Waals surface area contributed by atoms with Gasteiger partial charge in [-0.2, -0.15) is 0 Å². The Labute approximate surface area is 124 Å². The van der Waals surface area contributed by atoms with Crippen molar-refractivity contribution in [2.45, 2.75) is 12.5 Å². The van der Waals surface area contributed by atoms with E-state index in [1.165, 1.54) is 0 Å². The molecule has 1 fully saturated rings. The lowest BCUT2D eigenvalue weighted by molar-refractivity contribution is -0.129. The van der Waals surface area contributed by atoms with E-state index in [1.807, 2.05) is 53.4 Å². The van der Waals surface area contributed by atoms with Crippen LogP contribution in [0.4, 0.5) is 0 Å². The van der Waals surface area contributed by atoms with Crippen LogP contribution >= 0.6 is 0 Å². The van der Waals surface area contributed by atoms with E-state index in [4.69, 9.17) is 0 Å². The van der Waals surface area contributed by atoms with Gasteiger partial charge >= 0.3 is 0 Å². The van der Waals surface area contributed by atoms with Crippen molar-refractivity contribution in [3.8, 4) is 0 Å². The maximum atomic E-state index is 12.3. The largest absolute Gasteiger partial charge is 0.396 e. The van der Waals surface area contributed by atoms with Crippen LogP contribution in [-0.2, 0) is 4.79 Å². The van der Waals surface area contributed by atoms with Gasteiger partial charge in [0.05, 0.1) is 11.7 Å². The monoisotopic (exact) mass is 282 g/mol. The number of pyridine rings is 1. The predicted octanol–water partition coefficient (Wildman–Crippen LogP) is 2.01. The molecule has 108 valence electrons. The molecule has 2 atom stereocenters. The van der Waals surface area contributed by atoms with E-state index in [0.717, 1.165) is 11.3 Å². The van der Waals surface area contributed by atoms with E-state index in [0.29, 0.717) is 13.0 Å². The van der Waals surface area contributed by atoms with Crippen molar-refractivity contribution in [1.82, 2.24) is 9.88 Å². The van der Waals surface area contributed by atoms with Gasteiger partial charge < -0.3 is 10.0 Å². The number of benzene rings is 1. The first-order valence-corrected chi connectivity index (χ1v) is 7.16. The lowest BCUT2D eigenvalue weighted by Crippen LogP contribution is -2.32. The average molecular weight is 282 g/mol. The molecular weight excluding hydrogens is 264 g/mol. The Kier molecular flexibility index (Phi) is 3.97. The zero-order chi connectivity index (χ0) is 14.7. The minimum atomic E-state index is -0.184. The Morgan fingerprint density at radius 3 is 2.57 bits per heavy atom. The third-order valence-electron chi connectivity index (χ3n) is 3.89. The number of carbonyl (C=O) groups excluding carboxylic acids is 1. The van der Waals surface area contributed by atoms with Crippen LogP contribution in [0, 0.1) is 5.92 Å². The summed E-state index contributed by atoms with van der Waals surface area (Å²) in [6, 6.07) is 15.5. The van der Waals surface area contributed by atoms with Gasteiger partial charge in [0, 0.05) is 31.7 Å². The summed E-state index contributed by atoms with van der Waals surface area (Å²) in [7, 11) is 0. The highest BCUT2D eigenvalue weighted by molar-refractivity contribution is 5.79. The Morgan fingerprint density at radius 2 is 1.95 bits per heavy atom. The van der Waals surface area contributed by atoms with Crippen LogP contribution in [0.3, 0.4) is 0 Å². The second-order valence-corrected chi connectivity index (χ2v) is 5.37. The molecule has 1 aliphatic rings. The SMILES string of the molecule is O=C1CC(CO)CN1C(c1ccccc1)c1ccccn1. The second kappa shape index (κ2) is 6.06. The molecule has 1 aliphatic heterocycles. The molecule has 1 N–H and O–H groups in total. The molecule has 3 rings (SSSR count). The number of rotatable bonds is 4. The van der Waals surface area contributed by atoms with E-state index < -0.39 is 0 Å². The first-order valence-electron chi connectivity index (χ1n) is 7.16. The van der Waals surface area contributed by atoms with Gasteiger partial charge in [0.2, 0.25) is 5.91 Å². The average Bonchev–Trinajstić information content (AvgIpc) is 2.91. The molecule has 0 bridgehead atoms. The number of aliphatic hydroxyl groups excluding tert-OH is 1. The number of likely N-dealkylation sites (tertiary alicyclic amines) is 1. The van der Waals surface area contributed by atoms with E-state index in [9.17, 15) is 9.90 Å². The Bertz CT molecular complexity index is 561. The quantitative estimate of drug-likeness (QED) is 0.933. The van der Waals surface area contributed by atoms with Gasteiger partial charge in [0.1, 0.15) is 0 Å². The fourth-order valence-corrected chi connectivity index (χ4v) is 2.86. The maximum Gasteiger partial charge on any atom is 0.223 e. The van der Waals surface area contributed by atoms with Crippen molar-refractivity contribution in [1.29, 1.82) is 0 Å². The topological polar surface area (TPSA) is 53.4 Å². The van der Waals surface area contributed by atoms with Crippen molar-refractivity contribution < 1.29 is 9.90 Å². The Balaban J connectivity index is 1.99. The van der Waals surface area contributed by atoms with Crippen LogP contribution in [0.15, 0.2) is 54.7 Å². The van der Waals surface area contributed by atoms with E-state index in [2.05, 4.69) is 4.98 Å². The summed E-state index contributed by atoms with van der Waals surface area (Å²) in [5, 5.41) is 9.33. The molecule has 4 heteroatoms. The first kappa shape index (κ1) is 13.8. The number of amides is 1. The van der Waals surface area contributed by atoms with Gasteiger partial charge in [-0.1, -0.05) is 36.4 Å². The second-order valence-electron chi connectivity index (χ2n) is 5.37. The lowest BCUT2D eigenvalue weighted by Gasteiger charge is -2.28. The summed E-state index contributed by atoms with van der Waals surface area (Å²) in [5.41, 5.74) is 1.90. The number of hydrogen-bond donors (Lipinski definition) is 1. The highest BCUT2D eigenvalue weighted by Gasteiger charge is 2.35. The zero-order valence-electron chi connectivity index (χ0n) is 11.7. The molecular formula is C17H18N2O2. The molecule has 1 saturated heterocycles. The van der Waals surface area contributed by atoms with Gasteiger partial charge in [-0.05, 0) is 17.7 Å². The van der Waals surface area contributed by atoms with Crippen molar-refractivity contribution in [2.75, 3.05) is 13.2 Å². The normalized spacial score (nSPS) is 19.8. The van der Waals surface area contributed by atoms with Crippen LogP contribution in [0.2, 0.25) is 0 Å². The summed E-state index contributed by atoms with van der Waals surface area (Å²) in [6.07, 6.45) is 2.15. The molecule has 0 aliphatic carbocycles. The maximum absolute atomic E-state index is 12.3. The number of aromatic nitrogens is 1. The molecule has 2 aromatic rings. The standard InChI is InChI=1S/C17H18N2O2/c20-12-13-10-16(21)19(11-13)17(14-6-2-1-3-7-14)15-8-4-5-9-18-15/h1-9,13,17,20H,10-12H2. The van der Waals surface area contributed by atoms with E-state index in [1.54, 1.807) is 6.20 Å². The predicted molar refractivity (Wildman–Crippen MR) is 79.4 cm³/mol. The lowest BCUT2D eigenvalue weighted by atomic mass is 10.0. The highest BCUT2D eigenvalue weighted by Crippen LogP contribution is 2.32. The van der Waals surface area contributed by atoms with Gasteiger partial charge in [0.25, 0.3) is 0 Å². The van der Waals surface area contributed by atoms with Crippen LogP contribution in [0.25, 0.3) is 0 Å². The van der Waals surface area contributed by atoms with Crippen molar-refractivity contribution in [2.24, 2.45) is 5.92 Å². The van der Waals surface area contributed by atoms with Crippen LogP contribution in [0.5, 0.6) is 0 Å². The van der Waals surface area contributed by atoms with Crippen molar-refractivity contribution in [3.63, 3.8) is 0 Å². The van der Waals surface area contributed by atoms with Gasteiger partial charge in [0.15, 0.2) is 0 Å². The fraction of sp³-hybridized carbons (Fsp3) is 0.294. The molecule has 1 amide bonds. The Hall–Kier alpha value is -2.20. The summed E-state index contributed by atoms with van der Waals surface area (Å²) < 4.78 is 0. The minimum absolute atomic E-state index is 0.0208. The molecule has 0 radical (unpaired) electrons. The van der Waals surface area contributed by atoms with Crippen LogP contribution in [0.1, 0.15) is 23.7 Å². The molecule has 2 heterocycles. The van der Waals surface area contributed by atoms with E-state index in [-0.39, 0.29) is 24.5 Å². The summed E-state index contributed by atoms with van der Waals surface area (Å²) in [6.45, 7) is 0.622. The first-order chi connectivity index (χ1) is 10.3. The molecule has 1 aromatic carbocycles. The zero-order valence-corrected chi connectivity index (χ0v) is 11.7. The van der Waals surface area contributed by atoms with Gasteiger partial charge in [-0.3, -0.25) is 9.78 Å². The van der Waals surface area contributed by atoms with Gasteiger partial charge in [-0.25, -0.2) is 0 Å². The Morgan fingerprint density at radius 1 is 1.19 bits per heavy atom. The third-order valence-corrected chi connectivity index (χ3v) is 3.89. The minimum Gasteiger partial charge on any atom is -0.396 e. The molecule has 1 aromatic heterocycles. The molecule has 2 unspecified atom stereocenters.